The lowest BCUT2D eigenvalue weighted by Crippen LogP contribution is -1.99. The summed E-state index contributed by atoms with van der Waals surface area (Å²) in [6.45, 7) is 8.41. The van der Waals surface area contributed by atoms with Gasteiger partial charge in [0.1, 0.15) is 5.15 Å². The maximum Gasteiger partial charge on any atom is 0.161 e. The third kappa shape index (κ3) is 2.95. The molecule has 0 amide bonds. The third-order valence-corrected chi connectivity index (χ3v) is 3.73. The van der Waals surface area contributed by atoms with Crippen molar-refractivity contribution in [2.24, 2.45) is 0 Å². The summed E-state index contributed by atoms with van der Waals surface area (Å²) in [5, 5.41) is 0.551. The van der Waals surface area contributed by atoms with Crippen LogP contribution < -0.4 is 0 Å². The molecule has 1 aromatic heterocycles. The average Bonchev–Trinajstić information content (AvgIpc) is 2.41. The number of rotatable bonds is 3. The van der Waals surface area contributed by atoms with Gasteiger partial charge in [0.25, 0.3) is 0 Å². The van der Waals surface area contributed by atoms with Crippen LogP contribution in [0.15, 0.2) is 24.3 Å². The van der Waals surface area contributed by atoms with Crippen LogP contribution in [0.2, 0.25) is 5.15 Å². The molecule has 0 radical (unpaired) electrons. The lowest BCUT2D eigenvalue weighted by atomic mass is 10.0. The van der Waals surface area contributed by atoms with Crippen molar-refractivity contribution in [2.75, 3.05) is 0 Å². The molecule has 0 atom stereocenters. The van der Waals surface area contributed by atoms with E-state index in [0.29, 0.717) is 16.9 Å². The summed E-state index contributed by atoms with van der Waals surface area (Å²) in [5.41, 5.74) is 4.33. The minimum absolute atomic E-state index is 0.530. The number of aryl methyl sites for hydroxylation is 1. The Morgan fingerprint density at radius 1 is 1.11 bits per heavy atom. The van der Waals surface area contributed by atoms with E-state index in [1.165, 1.54) is 5.56 Å². The van der Waals surface area contributed by atoms with Gasteiger partial charge in [-0.3, -0.25) is 0 Å². The number of nitrogens with zero attached hydrogens (tertiary/aromatic N) is 2. The fourth-order valence-corrected chi connectivity index (χ4v) is 2.21. The lowest BCUT2D eigenvalue weighted by molar-refractivity contribution is 0.866. The second-order valence-electron chi connectivity index (χ2n) is 5.04. The van der Waals surface area contributed by atoms with Crippen LogP contribution in [0.1, 0.15) is 43.5 Å². The van der Waals surface area contributed by atoms with E-state index in [4.69, 9.17) is 11.6 Å². The molecule has 0 saturated heterocycles. The van der Waals surface area contributed by atoms with Gasteiger partial charge in [-0.15, -0.1) is 0 Å². The zero-order chi connectivity index (χ0) is 14.0. The second kappa shape index (κ2) is 5.70. The number of hydrogen-bond acceptors (Lipinski definition) is 2. The minimum atomic E-state index is 0.530. The van der Waals surface area contributed by atoms with Gasteiger partial charge in [-0.2, -0.15) is 0 Å². The largest absolute Gasteiger partial charge is 0.233 e. The van der Waals surface area contributed by atoms with Crippen molar-refractivity contribution in [2.45, 2.75) is 40.0 Å². The van der Waals surface area contributed by atoms with E-state index in [0.717, 1.165) is 23.2 Å². The van der Waals surface area contributed by atoms with Gasteiger partial charge < -0.3 is 0 Å². The van der Waals surface area contributed by atoms with Crippen molar-refractivity contribution < 1.29 is 0 Å². The van der Waals surface area contributed by atoms with Crippen molar-refractivity contribution in [1.29, 1.82) is 0 Å². The summed E-state index contributed by atoms with van der Waals surface area (Å²) < 4.78 is 0. The minimum Gasteiger partial charge on any atom is -0.233 e. The van der Waals surface area contributed by atoms with E-state index in [2.05, 4.69) is 55.0 Å². The van der Waals surface area contributed by atoms with Crippen LogP contribution in [0.25, 0.3) is 11.4 Å². The molecule has 0 bridgehead atoms. The molecule has 3 heteroatoms. The summed E-state index contributed by atoms with van der Waals surface area (Å²) in [6.07, 6.45) is 0.866. The average molecular weight is 275 g/mol. The molecule has 0 spiro atoms. The molecule has 0 N–H and O–H groups in total. The molecule has 0 fully saturated rings. The molecule has 0 aliphatic rings. The van der Waals surface area contributed by atoms with Gasteiger partial charge in [-0.1, -0.05) is 56.6 Å². The summed E-state index contributed by atoms with van der Waals surface area (Å²) in [6, 6.07) is 8.39. The topological polar surface area (TPSA) is 25.8 Å². The molecule has 0 aliphatic carbocycles. The van der Waals surface area contributed by atoms with Crippen LogP contribution in [-0.2, 0) is 6.42 Å². The number of aromatic nitrogens is 2. The molecular formula is C16H19ClN2. The summed E-state index contributed by atoms with van der Waals surface area (Å²) in [4.78, 5) is 8.98. The first-order valence-electron chi connectivity index (χ1n) is 6.66. The molecule has 2 aromatic rings. The van der Waals surface area contributed by atoms with Crippen molar-refractivity contribution in [3.05, 3.63) is 46.2 Å². The van der Waals surface area contributed by atoms with Crippen molar-refractivity contribution in [3.63, 3.8) is 0 Å². The van der Waals surface area contributed by atoms with Gasteiger partial charge in [0.15, 0.2) is 5.82 Å². The van der Waals surface area contributed by atoms with Gasteiger partial charge in [0.2, 0.25) is 0 Å². The van der Waals surface area contributed by atoms with E-state index in [1.54, 1.807) is 0 Å². The normalized spacial score (nSPS) is 11.1. The highest BCUT2D eigenvalue weighted by atomic mass is 35.5. The Morgan fingerprint density at radius 2 is 1.74 bits per heavy atom. The summed E-state index contributed by atoms with van der Waals surface area (Å²) in [5.74, 6) is 1.24. The van der Waals surface area contributed by atoms with Gasteiger partial charge in [-0.25, -0.2) is 9.97 Å². The van der Waals surface area contributed by atoms with Crippen LogP contribution >= 0.6 is 11.6 Å². The highest BCUT2D eigenvalue weighted by Gasteiger charge is 2.10. The van der Waals surface area contributed by atoms with Crippen molar-refractivity contribution in [3.8, 4) is 11.4 Å². The highest BCUT2D eigenvalue weighted by Crippen LogP contribution is 2.24. The summed E-state index contributed by atoms with van der Waals surface area (Å²) >= 11 is 6.18. The van der Waals surface area contributed by atoms with Crippen LogP contribution in [0.5, 0.6) is 0 Å². The number of halogens is 1. The predicted molar refractivity (Wildman–Crippen MR) is 80.7 cm³/mol. The molecule has 0 unspecified atom stereocenters. The zero-order valence-electron chi connectivity index (χ0n) is 11.9. The van der Waals surface area contributed by atoms with E-state index < -0.39 is 0 Å². The maximum atomic E-state index is 6.18. The standard InChI is InChI=1S/C16H19ClN2/c1-5-14-11(4)15(17)19-16(18-14)13-8-6-12(7-9-13)10(2)3/h6-10H,5H2,1-4H3. The fourth-order valence-electron chi connectivity index (χ4n) is 2.02. The fraction of sp³-hybridized carbons (Fsp3) is 0.375. The molecule has 2 rings (SSSR count). The first-order chi connectivity index (χ1) is 9.02. The zero-order valence-corrected chi connectivity index (χ0v) is 12.6. The van der Waals surface area contributed by atoms with Crippen LogP contribution in [0.3, 0.4) is 0 Å². The highest BCUT2D eigenvalue weighted by molar-refractivity contribution is 6.30. The Morgan fingerprint density at radius 3 is 2.26 bits per heavy atom. The van der Waals surface area contributed by atoms with E-state index in [-0.39, 0.29) is 0 Å². The maximum absolute atomic E-state index is 6.18. The van der Waals surface area contributed by atoms with Crippen molar-refractivity contribution >= 4 is 11.6 Å². The Labute approximate surface area is 119 Å². The van der Waals surface area contributed by atoms with Gasteiger partial charge in [0.05, 0.1) is 0 Å². The monoisotopic (exact) mass is 274 g/mol. The predicted octanol–water partition coefficient (Wildman–Crippen LogP) is 4.79. The Kier molecular flexibility index (Phi) is 4.20. The Bertz CT molecular complexity index is 574. The van der Waals surface area contributed by atoms with Gasteiger partial charge >= 0.3 is 0 Å². The van der Waals surface area contributed by atoms with Crippen LogP contribution in [0, 0.1) is 6.92 Å². The lowest BCUT2D eigenvalue weighted by Gasteiger charge is -2.09. The Balaban J connectivity index is 2.44. The van der Waals surface area contributed by atoms with E-state index >= 15 is 0 Å². The smallest absolute Gasteiger partial charge is 0.161 e. The SMILES string of the molecule is CCc1nc(-c2ccc(C(C)C)cc2)nc(Cl)c1C. The third-order valence-electron chi connectivity index (χ3n) is 3.36. The van der Waals surface area contributed by atoms with E-state index in [9.17, 15) is 0 Å². The molecular weight excluding hydrogens is 256 g/mol. The quantitative estimate of drug-likeness (QED) is 0.752. The molecule has 100 valence electrons. The molecule has 0 saturated carbocycles. The molecule has 0 aliphatic heterocycles. The van der Waals surface area contributed by atoms with Gasteiger partial charge in [-0.05, 0) is 24.8 Å². The summed E-state index contributed by atoms with van der Waals surface area (Å²) in [7, 11) is 0. The first kappa shape index (κ1) is 14.0. The van der Waals surface area contributed by atoms with E-state index in [1.807, 2.05) is 6.92 Å². The van der Waals surface area contributed by atoms with Crippen molar-refractivity contribution in [1.82, 2.24) is 9.97 Å². The van der Waals surface area contributed by atoms with Gasteiger partial charge in [0, 0.05) is 16.8 Å². The molecule has 1 aromatic carbocycles. The molecule has 1 heterocycles. The molecule has 2 nitrogen and oxygen atoms in total. The Hall–Kier alpha value is -1.41. The van der Waals surface area contributed by atoms with Crippen LogP contribution in [-0.4, -0.2) is 9.97 Å². The van der Waals surface area contributed by atoms with Crippen LogP contribution in [0.4, 0.5) is 0 Å². The molecule has 19 heavy (non-hydrogen) atoms. The first-order valence-corrected chi connectivity index (χ1v) is 7.04. The second-order valence-corrected chi connectivity index (χ2v) is 5.40. The number of hydrogen-bond donors (Lipinski definition) is 0. The number of benzene rings is 1.